The third kappa shape index (κ3) is 4.24. The number of ether oxygens (including phenoxy) is 1. The van der Waals surface area contributed by atoms with Gasteiger partial charge in [0.25, 0.3) is 11.7 Å². The molecule has 1 aliphatic rings. The van der Waals surface area contributed by atoms with Crippen molar-refractivity contribution >= 4 is 17.4 Å². The van der Waals surface area contributed by atoms with Crippen molar-refractivity contribution in [3.8, 4) is 5.75 Å². The topological polar surface area (TPSA) is 66.8 Å². The van der Waals surface area contributed by atoms with Crippen molar-refractivity contribution in [3.05, 3.63) is 106 Å². The molecule has 0 aromatic heterocycles. The van der Waals surface area contributed by atoms with Gasteiger partial charge >= 0.3 is 0 Å². The number of hydrogen-bond acceptors (Lipinski definition) is 4. The summed E-state index contributed by atoms with van der Waals surface area (Å²) >= 11 is 0. The molecule has 3 aromatic carbocycles. The van der Waals surface area contributed by atoms with Gasteiger partial charge < -0.3 is 14.7 Å². The highest BCUT2D eigenvalue weighted by atomic mass is 19.1. The van der Waals surface area contributed by atoms with Crippen LogP contribution in [-0.4, -0.2) is 28.8 Å². The molecule has 4 rings (SSSR count). The summed E-state index contributed by atoms with van der Waals surface area (Å²) in [5, 5.41) is 11.3. The molecule has 6 heteroatoms. The number of benzene rings is 3. The first-order chi connectivity index (χ1) is 15.8. The first-order valence-electron chi connectivity index (χ1n) is 10.5. The smallest absolute Gasteiger partial charge is 0.295 e. The SMILES string of the molecule is COc1ccc(C)cc1/C(O)=C1\C(=O)C(=O)N(Cc2ccc(F)cc2)C1c1cccc(C)c1. The van der Waals surface area contributed by atoms with Crippen molar-refractivity contribution in [2.24, 2.45) is 0 Å². The van der Waals surface area contributed by atoms with Crippen LogP contribution < -0.4 is 4.74 Å². The van der Waals surface area contributed by atoms with E-state index in [4.69, 9.17) is 4.74 Å². The Morgan fingerprint density at radius 1 is 1.00 bits per heavy atom. The van der Waals surface area contributed by atoms with E-state index in [2.05, 4.69) is 0 Å². The van der Waals surface area contributed by atoms with Crippen molar-refractivity contribution in [1.29, 1.82) is 0 Å². The van der Waals surface area contributed by atoms with E-state index >= 15 is 0 Å². The number of rotatable bonds is 5. The van der Waals surface area contributed by atoms with Crippen LogP contribution >= 0.6 is 0 Å². The summed E-state index contributed by atoms with van der Waals surface area (Å²) in [6.07, 6.45) is 0. The van der Waals surface area contributed by atoms with E-state index in [1.165, 1.54) is 24.1 Å². The van der Waals surface area contributed by atoms with Gasteiger partial charge in [-0.05, 0) is 49.2 Å². The zero-order valence-electron chi connectivity index (χ0n) is 18.6. The van der Waals surface area contributed by atoms with Gasteiger partial charge in [0, 0.05) is 6.54 Å². The van der Waals surface area contributed by atoms with Gasteiger partial charge in [0.15, 0.2) is 0 Å². The maximum absolute atomic E-state index is 13.4. The second kappa shape index (κ2) is 8.90. The van der Waals surface area contributed by atoms with Gasteiger partial charge in [0.05, 0.1) is 24.3 Å². The van der Waals surface area contributed by atoms with Crippen molar-refractivity contribution in [2.45, 2.75) is 26.4 Å². The Morgan fingerprint density at radius 3 is 2.36 bits per heavy atom. The van der Waals surface area contributed by atoms with Crippen molar-refractivity contribution in [1.82, 2.24) is 4.90 Å². The van der Waals surface area contributed by atoms with Crippen LogP contribution in [0.1, 0.15) is 33.9 Å². The molecule has 1 saturated heterocycles. The summed E-state index contributed by atoms with van der Waals surface area (Å²) in [6, 6.07) is 17.7. The minimum absolute atomic E-state index is 0.00314. The quantitative estimate of drug-likeness (QED) is 0.338. The predicted octanol–water partition coefficient (Wildman–Crippen LogP) is 5.07. The zero-order valence-corrected chi connectivity index (χ0v) is 18.6. The average Bonchev–Trinajstić information content (AvgIpc) is 3.05. The highest BCUT2D eigenvalue weighted by Crippen LogP contribution is 2.42. The standard InChI is InChI=1S/C27H24FNO4/c1-16-5-4-6-19(13-16)24-23(25(30)21-14-17(2)7-12-22(21)33-3)26(31)27(32)29(24)15-18-8-10-20(28)11-9-18/h4-14,24,30H,15H2,1-3H3/b25-23+. The second-order valence-electron chi connectivity index (χ2n) is 8.17. The second-order valence-corrected chi connectivity index (χ2v) is 8.17. The number of carbonyl (C=O) groups is 2. The van der Waals surface area contributed by atoms with E-state index in [1.54, 1.807) is 24.3 Å². The normalized spacial score (nSPS) is 17.5. The monoisotopic (exact) mass is 445 g/mol. The Kier molecular flexibility index (Phi) is 6.01. The van der Waals surface area contributed by atoms with Crippen LogP contribution in [0.3, 0.4) is 0 Å². The highest BCUT2D eigenvalue weighted by molar-refractivity contribution is 6.46. The maximum Gasteiger partial charge on any atom is 0.295 e. The Bertz CT molecular complexity index is 1260. The zero-order chi connectivity index (χ0) is 23.7. The summed E-state index contributed by atoms with van der Waals surface area (Å²) < 4.78 is 18.8. The lowest BCUT2D eigenvalue weighted by molar-refractivity contribution is -0.140. The molecule has 1 amide bonds. The molecule has 1 aliphatic heterocycles. The van der Waals surface area contributed by atoms with E-state index in [1.807, 2.05) is 44.2 Å². The Labute approximate surface area is 191 Å². The summed E-state index contributed by atoms with van der Waals surface area (Å²) in [6.45, 7) is 3.87. The van der Waals surface area contributed by atoms with Crippen molar-refractivity contribution in [3.63, 3.8) is 0 Å². The van der Waals surface area contributed by atoms with Gasteiger partial charge in [-0.3, -0.25) is 9.59 Å². The number of carbonyl (C=O) groups excluding carboxylic acids is 2. The van der Waals surface area contributed by atoms with Crippen LogP contribution in [0.2, 0.25) is 0 Å². The van der Waals surface area contributed by atoms with E-state index in [-0.39, 0.29) is 23.7 Å². The molecule has 5 nitrogen and oxygen atoms in total. The number of hydrogen-bond donors (Lipinski definition) is 1. The molecule has 1 unspecified atom stereocenters. The fraction of sp³-hybridized carbons (Fsp3) is 0.185. The van der Waals surface area contributed by atoms with Crippen LogP contribution in [0.4, 0.5) is 4.39 Å². The number of methoxy groups -OCH3 is 1. The molecular weight excluding hydrogens is 421 g/mol. The molecule has 3 aromatic rings. The predicted molar refractivity (Wildman–Crippen MR) is 123 cm³/mol. The van der Waals surface area contributed by atoms with Gasteiger partial charge in [0.2, 0.25) is 0 Å². The number of ketones is 1. The first-order valence-corrected chi connectivity index (χ1v) is 10.5. The van der Waals surface area contributed by atoms with Gasteiger partial charge in [-0.2, -0.15) is 0 Å². The van der Waals surface area contributed by atoms with E-state index < -0.39 is 17.7 Å². The van der Waals surface area contributed by atoms with Gasteiger partial charge in [-0.25, -0.2) is 4.39 Å². The van der Waals surface area contributed by atoms with Crippen molar-refractivity contribution < 1.29 is 23.8 Å². The molecule has 1 fully saturated rings. The van der Waals surface area contributed by atoms with Crippen LogP contribution in [0.5, 0.6) is 5.75 Å². The number of nitrogens with zero attached hydrogens (tertiary/aromatic N) is 1. The lowest BCUT2D eigenvalue weighted by Crippen LogP contribution is -2.29. The fourth-order valence-corrected chi connectivity index (χ4v) is 4.17. The number of Topliss-reactive ketones (excluding diaryl/α,β-unsaturated/α-hetero) is 1. The number of aliphatic hydroxyl groups is 1. The number of aryl methyl sites for hydroxylation is 2. The van der Waals surface area contributed by atoms with E-state index in [0.29, 0.717) is 22.4 Å². The lowest BCUT2D eigenvalue weighted by Gasteiger charge is -2.26. The molecule has 33 heavy (non-hydrogen) atoms. The molecule has 0 aliphatic carbocycles. The highest BCUT2D eigenvalue weighted by Gasteiger charge is 2.46. The largest absolute Gasteiger partial charge is 0.507 e. The fourth-order valence-electron chi connectivity index (χ4n) is 4.17. The Balaban J connectivity index is 1.90. The molecule has 0 radical (unpaired) electrons. The van der Waals surface area contributed by atoms with Crippen LogP contribution in [0, 0.1) is 19.7 Å². The lowest BCUT2D eigenvalue weighted by atomic mass is 9.93. The van der Waals surface area contributed by atoms with E-state index in [9.17, 15) is 19.1 Å². The van der Waals surface area contributed by atoms with Gasteiger partial charge in [-0.1, -0.05) is 53.6 Å². The minimum Gasteiger partial charge on any atom is -0.507 e. The summed E-state index contributed by atoms with van der Waals surface area (Å²) in [7, 11) is 1.48. The number of aliphatic hydroxyl groups excluding tert-OH is 1. The summed E-state index contributed by atoms with van der Waals surface area (Å²) in [5.74, 6) is -1.78. The summed E-state index contributed by atoms with van der Waals surface area (Å²) in [4.78, 5) is 27.8. The summed E-state index contributed by atoms with van der Waals surface area (Å²) in [5.41, 5.74) is 3.53. The third-order valence-electron chi connectivity index (χ3n) is 5.77. The number of likely N-dealkylation sites (tertiary alicyclic amines) is 1. The van der Waals surface area contributed by atoms with Crippen molar-refractivity contribution in [2.75, 3.05) is 7.11 Å². The van der Waals surface area contributed by atoms with E-state index in [0.717, 1.165) is 11.1 Å². The third-order valence-corrected chi connectivity index (χ3v) is 5.77. The molecule has 1 heterocycles. The maximum atomic E-state index is 13.4. The molecule has 0 bridgehead atoms. The van der Waals surface area contributed by atoms with Gasteiger partial charge in [-0.15, -0.1) is 0 Å². The Hall–Kier alpha value is -3.93. The van der Waals surface area contributed by atoms with Crippen LogP contribution in [-0.2, 0) is 16.1 Å². The van der Waals surface area contributed by atoms with Gasteiger partial charge in [0.1, 0.15) is 17.3 Å². The molecule has 1 atom stereocenters. The van der Waals surface area contributed by atoms with Crippen LogP contribution in [0.25, 0.3) is 5.76 Å². The first kappa shape index (κ1) is 22.3. The molecular formula is C27H24FNO4. The average molecular weight is 445 g/mol. The molecule has 1 N–H and O–H groups in total. The number of halogens is 1. The molecule has 0 saturated carbocycles. The Morgan fingerprint density at radius 2 is 1.70 bits per heavy atom. The minimum atomic E-state index is -0.805. The number of amides is 1. The van der Waals surface area contributed by atoms with Crippen LogP contribution in [0.15, 0.2) is 72.3 Å². The molecule has 0 spiro atoms. The molecule has 168 valence electrons.